The quantitative estimate of drug-likeness (QED) is 0.256. The van der Waals surface area contributed by atoms with Gasteiger partial charge >= 0.3 is 0 Å². The molecule has 2 heterocycles. The molecule has 30 heavy (non-hydrogen) atoms. The number of fused-ring (bicyclic) bond motifs is 2. The zero-order valence-electron chi connectivity index (χ0n) is 15.6. The van der Waals surface area contributed by atoms with Crippen LogP contribution in [0.15, 0.2) is 72.9 Å². The van der Waals surface area contributed by atoms with Crippen molar-refractivity contribution in [1.82, 2.24) is 9.97 Å². The Hall–Kier alpha value is -3.91. The van der Waals surface area contributed by atoms with Crippen LogP contribution in [0.5, 0.6) is 5.75 Å². The van der Waals surface area contributed by atoms with Gasteiger partial charge in [0.05, 0.1) is 21.2 Å². The molecular weight excluding hydrogens is 400 g/mol. The fourth-order valence-electron chi connectivity index (χ4n) is 3.55. The number of phenolic OH excluding ortho intramolecular Hbond substituents is 1. The van der Waals surface area contributed by atoms with E-state index in [1.807, 2.05) is 36.5 Å². The lowest BCUT2D eigenvalue weighted by molar-refractivity contribution is -0.384. The maximum atomic E-state index is 11.1. The predicted molar refractivity (Wildman–Crippen MR) is 118 cm³/mol. The summed E-state index contributed by atoms with van der Waals surface area (Å²) < 4.78 is 0.745. The second-order valence-corrected chi connectivity index (χ2v) is 7.92. The van der Waals surface area contributed by atoms with Crippen molar-refractivity contribution in [3.05, 3.63) is 94.2 Å². The minimum Gasteiger partial charge on any atom is -0.508 e. The van der Waals surface area contributed by atoms with E-state index in [1.54, 1.807) is 24.3 Å². The minimum absolute atomic E-state index is 0.0458. The number of H-pyrrole nitrogens is 1. The SMILES string of the molecule is O=[N+]([O-])c1ccc2nc(NC(c3ccc(O)cc3)c3c[nH]c4ccccc34)sc2c1. The molecule has 3 N–H and O–H groups in total. The molecule has 8 heteroatoms. The number of aromatic amines is 1. The van der Waals surface area contributed by atoms with Crippen LogP contribution in [0, 0.1) is 10.1 Å². The number of para-hydroxylation sites is 1. The highest BCUT2D eigenvalue weighted by atomic mass is 32.1. The van der Waals surface area contributed by atoms with Crippen molar-refractivity contribution in [2.75, 3.05) is 5.32 Å². The number of nitro groups is 1. The summed E-state index contributed by atoms with van der Waals surface area (Å²) in [5.74, 6) is 0.198. The Morgan fingerprint density at radius 3 is 2.70 bits per heavy atom. The molecule has 1 atom stereocenters. The summed E-state index contributed by atoms with van der Waals surface area (Å²) in [4.78, 5) is 18.6. The van der Waals surface area contributed by atoms with E-state index in [4.69, 9.17) is 0 Å². The Labute approximate surface area is 174 Å². The van der Waals surface area contributed by atoms with E-state index in [-0.39, 0.29) is 17.5 Å². The first kappa shape index (κ1) is 18.1. The Kier molecular flexibility index (Phi) is 4.33. The first-order valence-electron chi connectivity index (χ1n) is 9.25. The number of thiazole rings is 1. The summed E-state index contributed by atoms with van der Waals surface area (Å²) >= 11 is 1.37. The molecule has 3 aromatic carbocycles. The fraction of sp³-hybridized carbons (Fsp3) is 0.0455. The highest BCUT2D eigenvalue weighted by molar-refractivity contribution is 7.22. The third kappa shape index (κ3) is 3.23. The van der Waals surface area contributed by atoms with Crippen LogP contribution < -0.4 is 5.32 Å². The Morgan fingerprint density at radius 1 is 1.10 bits per heavy atom. The number of non-ortho nitro benzene ring substituents is 1. The first-order chi connectivity index (χ1) is 14.6. The number of nitrogens with one attached hydrogen (secondary N) is 2. The van der Waals surface area contributed by atoms with Gasteiger partial charge in [-0.25, -0.2) is 4.98 Å². The van der Waals surface area contributed by atoms with Gasteiger partial charge in [0.25, 0.3) is 5.69 Å². The molecule has 148 valence electrons. The van der Waals surface area contributed by atoms with Gasteiger partial charge in [-0.1, -0.05) is 41.7 Å². The lowest BCUT2D eigenvalue weighted by atomic mass is 9.98. The third-order valence-electron chi connectivity index (χ3n) is 5.01. The van der Waals surface area contributed by atoms with E-state index in [1.165, 1.54) is 17.4 Å². The van der Waals surface area contributed by atoms with Crippen LogP contribution in [-0.2, 0) is 0 Å². The molecule has 0 aliphatic heterocycles. The zero-order valence-corrected chi connectivity index (χ0v) is 16.4. The minimum atomic E-state index is -0.405. The standard InChI is InChI=1S/C22H16N4O3S/c27-15-8-5-13(6-9-15)21(17-12-23-18-4-2-1-3-16(17)18)25-22-24-19-10-7-14(26(28)29)11-20(19)30-22/h1-12,21,23,27H,(H,24,25). The Balaban J connectivity index is 1.59. The molecule has 0 saturated heterocycles. The van der Waals surface area contributed by atoms with Gasteiger partial charge in [0.1, 0.15) is 5.75 Å². The molecule has 0 aliphatic rings. The molecule has 0 aliphatic carbocycles. The Morgan fingerprint density at radius 2 is 1.90 bits per heavy atom. The summed E-state index contributed by atoms with van der Waals surface area (Å²) in [6.45, 7) is 0. The van der Waals surface area contributed by atoms with Crippen LogP contribution in [0.4, 0.5) is 10.8 Å². The number of aromatic nitrogens is 2. The van der Waals surface area contributed by atoms with Crippen LogP contribution >= 0.6 is 11.3 Å². The van der Waals surface area contributed by atoms with Crippen molar-refractivity contribution in [2.45, 2.75) is 6.04 Å². The molecule has 0 bridgehead atoms. The van der Waals surface area contributed by atoms with Crippen molar-refractivity contribution in [2.24, 2.45) is 0 Å². The van der Waals surface area contributed by atoms with E-state index in [2.05, 4.69) is 21.4 Å². The number of anilines is 1. The number of hydrogen-bond donors (Lipinski definition) is 3. The van der Waals surface area contributed by atoms with Gasteiger partial charge in [-0.3, -0.25) is 10.1 Å². The van der Waals surface area contributed by atoms with Crippen LogP contribution in [0.2, 0.25) is 0 Å². The summed E-state index contributed by atoms with van der Waals surface area (Å²) in [6.07, 6.45) is 1.97. The van der Waals surface area contributed by atoms with Crippen molar-refractivity contribution >= 4 is 43.3 Å². The summed E-state index contributed by atoms with van der Waals surface area (Å²) in [7, 11) is 0. The molecule has 5 aromatic rings. The van der Waals surface area contributed by atoms with Crippen LogP contribution in [0.3, 0.4) is 0 Å². The van der Waals surface area contributed by atoms with E-state index in [0.29, 0.717) is 10.6 Å². The lowest BCUT2D eigenvalue weighted by Crippen LogP contribution is -2.11. The largest absolute Gasteiger partial charge is 0.508 e. The number of aromatic hydroxyl groups is 1. The average molecular weight is 416 g/mol. The average Bonchev–Trinajstić information content (AvgIpc) is 3.35. The third-order valence-corrected chi connectivity index (χ3v) is 5.96. The molecular formula is C22H16N4O3S. The number of rotatable bonds is 5. The predicted octanol–water partition coefficient (Wildman–Crippen LogP) is 5.59. The van der Waals surface area contributed by atoms with Crippen LogP contribution in [0.1, 0.15) is 17.2 Å². The topological polar surface area (TPSA) is 104 Å². The highest BCUT2D eigenvalue weighted by Gasteiger charge is 2.20. The number of phenols is 1. The Bertz CT molecular complexity index is 1370. The van der Waals surface area contributed by atoms with Gasteiger partial charge in [0.15, 0.2) is 5.13 Å². The van der Waals surface area contributed by atoms with Crippen LogP contribution in [0.25, 0.3) is 21.1 Å². The van der Waals surface area contributed by atoms with E-state index >= 15 is 0 Å². The maximum absolute atomic E-state index is 11.1. The number of nitrogens with zero attached hydrogens (tertiary/aromatic N) is 2. The van der Waals surface area contributed by atoms with E-state index < -0.39 is 4.92 Å². The van der Waals surface area contributed by atoms with Crippen molar-refractivity contribution in [3.63, 3.8) is 0 Å². The second kappa shape index (κ2) is 7.16. The molecule has 0 spiro atoms. The van der Waals surface area contributed by atoms with Gasteiger partial charge in [0.2, 0.25) is 0 Å². The molecule has 2 aromatic heterocycles. The van der Waals surface area contributed by atoms with Gasteiger partial charge < -0.3 is 15.4 Å². The molecule has 0 saturated carbocycles. The molecule has 0 amide bonds. The van der Waals surface area contributed by atoms with Crippen LogP contribution in [-0.4, -0.2) is 20.0 Å². The monoisotopic (exact) mass is 416 g/mol. The fourth-order valence-corrected chi connectivity index (χ4v) is 4.48. The van der Waals surface area contributed by atoms with Gasteiger partial charge in [0, 0.05) is 34.8 Å². The summed E-state index contributed by atoms with van der Waals surface area (Å²) in [5.41, 5.74) is 3.78. The molecule has 7 nitrogen and oxygen atoms in total. The summed E-state index contributed by atoms with van der Waals surface area (Å²) in [6, 6.07) is 19.5. The number of nitro benzene ring substituents is 1. The zero-order chi connectivity index (χ0) is 20.7. The normalized spacial score (nSPS) is 12.3. The lowest BCUT2D eigenvalue weighted by Gasteiger charge is -2.18. The number of hydrogen-bond acceptors (Lipinski definition) is 6. The molecule has 5 rings (SSSR count). The number of benzene rings is 3. The van der Waals surface area contributed by atoms with Crippen molar-refractivity contribution < 1.29 is 10.0 Å². The first-order valence-corrected chi connectivity index (χ1v) is 10.1. The molecule has 0 fully saturated rings. The molecule has 1 unspecified atom stereocenters. The highest BCUT2D eigenvalue weighted by Crippen LogP contribution is 2.36. The van der Waals surface area contributed by atoms with Crippen molar-refractivity contribution in [3.8, 4) is 5.75 Å². The van der Waals surface area contributed by atoms with Gasteiger partial charge in [-0.15, -0.1) is 0 Å². The molecule has 0 radical (unpaired) electrons. The second-order valence-electron chi connectivity index (χ2n) is 6.89. The van der Waals surface area contributed by atoms with E-state index in [0.717, 1.165) is 26.7 Å². The van der Waals surface area contributed by atoms with Gasteiger partial charge in [-0.2, -0.15) is 0 Å². The van der Waals surface area contributed by atoms with E-state index in [9.17, 15) is 15.2 Å². The van der Waals surface area contributed by atoms with Crippen molar-refractivity contribution in [1.29, 1.82) is 0 Å². The maximum Gasteiger partial charge on any atom is 0.270 e. The smallest absolute Gasteiger partial charge is 0.270 e. The van der Waals surface area contributed by atoms with Gasteiger partial charge in [-0.05, 0) is 29.8 Å². The summed E-state index contributed by atoms with van der Waals surface area (Å²) in [5, 5.41) is 26.0.